The molecule has 2 aliphatic rings. The molecule has 29 heavy (non-hydrogen) atoms. The van der Waals surface area contributed by atoms with Crippen molar-refractivity contribution in [3.05, 3.63) is 35.4 Å². The highest BCUT2D eigenvalue weighted by molar-refractivity contribution is 5.89. The van der Waals surface area contributed by atoms with E-state index in [9.17, 15) is 18.4 Å². The molecular formula is C22H29F2NO4. The summed E-state index contributed by atoms with van der Waals surface area (Å²) in [7, 11) is 1.31. The molecule has 0 unspecified atom stereocenters. The Labute approximate surface area is 170 Å². The van der Waals surface area contributed by atoms with Crippen molar-refractivity contribution in [1.29, 1.82) is 0 Å². The maximum Gasteiger partial charge on any atom is 0.410 e. The number of halogens is 2. The summed E-state index contributed by atoms with van der Waals surface area (Å²) >= 11 is 0. The molecule has 1 aromatic rings. The zero-order chi connectivity index (χ0) is 21.4. The number of esters is 1. The van der Waals surface area contributed by atoms with E-state index in [1.807, 2.05) is 0 Å². The topological polar surface area (TPSA) is 55.8 Å². The summed E-state index contributed by atoms with van der Waals surface area (Å²) in [4.78, 5) is 26.2. The molecule has 2 atom stereocenters. The van der Waals surface area contributed by atoms with Gasteiger partial charge in [0.15, 0.2) is 0 Å². The van der Waals surface area contributed by atoms with Crippen molar-refractivity contribution in [2.75, 3.05) is 13.7 Å². The first-order chi connectivity index (χ1) is 13.4. The van der Waals surface area contributed by atoms with Gasteiger partial charge in [-0.2, -0.15) is 0 Å². The van der Waals surface area contributed by atoms with E-state index in [4.69, 9.17) is 9.47 Å². The number of benzene rings is 1. The maximum absolute atomic E-state index is 14.0. The van der Waals surface area contributed by atoms with Gasteiger partial charge < -0.3 is 14.4 Å². The Morgan fingerprint density at radius 2 is 1.76 bits per heavy atom. The van der Waals surface area contributed by atoms with Gasteiger partial charge in [0.05, 0.1) is 18.7 Å². The van der Waals surface area contributed by atoms with Crippen LogP contribution in [0.15, 0.2) is 24.3 Å². The second-order valence-electron chi connectivity index (χ2n) is 9.29. The lowest BCUT2D eigenvalue weighted by Gasteiger charge is -2.45. The van der Waals surface area contributed by atoms with E-state index in [2.05, 4.69) is 0 Å². The average molecular weight is 409 g/mol. The van der Waals surface area contributed by atoms with Gasteiger partial charge in [-0.25, -0.2) is 18.4 Å². The van der Waals surface area contributed by atoms with Crippen LogP contribution in [0.4, 0.5) is 13.6 Å². The number of hydrogen-bond acceptors (Lipinski definition) is 4. The Kier molecular flexibility index (Phi) is 5.62. The number of likely N-dealkylation sites (tertiary alicyclic amines) is 1. The molecule has 1 saturated heterocycles. The van der Waals surface area contributed by atoms with Crippen LogP contribution >= 0.6 is 0 Å². The molecule has 1 saturated carbocycles. The fraction of sp³-hybridized carbons (Fsp3) is 0.636. The first-order valence-corrected chi connectivity index (χ1v) is 9.99. The summed E-state index contributed by atoms with van der Waals surface area (Å²) in [6.45, 7) is 5.77. The highest BCUT2D eigenvalue weighted by atomic mass is 19.3. The van der Waals surface area contributed by atoms with E-state index in [-0.39, 0.29) is 18.9 Å². The molecule has 1 aliphatic carbocycles. The van der Waals surface area contributed by atoms with E-state index in [0.717, 1.165) is 5.56 Å². The predicted molar refractivity (Wildman–Crippen MR) is 104 cm³/mol. The van der Waals surface area contributed by atoms with Gasteiger partial charge >= 0.3 is 12.1 Å². The van der Waals surface area contributed by atoms with Gasteiger partial charge in [0.25, 0.3) is 0 Å². The van der Waals surface area contributed by atoms with E-state index in [0.29, 0.717) is 31.4 Å². The van der Waals surface area contributed by atoms with Crippen LogP contribution < -0.4 is 0 Å². The van der Waals surface area contributed by atoms with E-state index in [1.54, 1.807) is 49.9 Å². The number of ether oxygens (including phenoxy) is 2. The summed E-state index contributed by atoms with van der Waals surface area (Å²) < 4.78 is 38.3. The molecule has 1 aromatic carbocycles. The van der Waals surface area contributed by atoms with Crippen LogP contribution in [0.3, 0.4) is 0 Å². The zero-order valence-corrected chi connectivity index (χ0v) is 17.5. The van der Waals surface area contributed by atoms with Crippen molar-refractivity contribution in [2.24, 2.45) is 5.41 Å². The molecule has 3 rings (SSSR count). The molecule has 1 spiro atoms. The van der Waals surface area contributed by atoms with Crippen LogP contribution in [0.1, 0.15) is 74.8 Å². The van der Waals surface area contributed by atoms with Gasteiger partial charge in [-0.3, -0.25) is 0 Å². The van der Waals surface area contributed by atoms with Crippen LogP contribution in [-0.4, -0.2) is 42.1 Å². The Hall–Kier alpha value is -2.18. The fourth-order valence-electron chi connectivity index (χ4n) is 4.49. The normalized spacial score (nSPS) is 26.4. The molecule has 5 nitrogen and oxygen atoms in total. The van der Waals surface area contributed by atoms with Crippen LogP contribution in [0.2, 0.25) is 0 Å². The monoisotopic (exact) mass is 409 g/mol. The van der Waals surface area contributed by atoms with Crippen LogP contribution in [-0.2, 0) is 9.47 Å². The third-order valence-corrected chi connectivity index (χ3v) is 5.88. The predicted octanol–water partition coefficient (Wildman–Crippen LogP) is 5.35. The van der Waals surface area contributed by atoms with Crippen molar-refractivity contribution in [3.63, 3.8) is 0 Å². The molecule has 1 amide bonds. The largest absolute Gasteiger partial charge is 0.465 e. The number of amides is 1. The van der Waals surface area contributed by atoms with E-state index < -0.39 is 29.0 Å². The van der Waals surface area contributed by atoms with Gasteiger partial charge in [-0.1, -0.05) is 12.1 Å². The molecule has 0 aromatic heterocycles. The van der Waals surface area contributed by atoms with Gasteiger partial charge in [-0.15, -0.1) is 0 Å². The van der Waals surface area contributed by atoms with Crippen molar-refractivity contribution in [2.45, 2.75) is 70.4 Å². The molecule has 7 heteroatoms. The SMILES string of the molecule is COC(=O)c1ccc([C@H]2C[C@]3(CCN2C(=O)OC(C)(C)C)CCC(F)(F)C3)cc1. The van der Waals surface area contributed by atoms with Crippen LogP contribution in [0, 0.1) is 5.41 Å². The van der Waals surface area contributed by atoms with Gasteiger partial charge in [0.1, 0.15) is 5.60 Å². The number of alkyl halides is 2. The van der Waals surface area contributed by atoms with Crippen molar-refractivity contribution in [1.82, 2.24) is 4.90 Å². The Morgan fingerprint density at radius 1 is 1.10 bits per heavy atom. The minimum Gasteiger partial charge on any atom is -0.465 e. The molecular weight excluding hydrogens is 380 g/mol. The molecule has 160 valence electrons. The quantitative estimate of drug-likeness (QED) is 0.618. The highest BCUT2D eigenvalue weighted by Crippen LogP contribution is 2.56. The van der Waals surface area contributed by atoms with Crippen molar-refractivity contribution >= 4 is 12.1 Å². The zero-order valence-electron chi connectivity index (χ0n) is 17.5. The average Bonchev–Trinajstić information content (AvgIpc) is 2.93. The van der Waals surface area contributed by atoms with E-state index >= 15 is 0 Å². The number of carbonyl (C=O) groups excluding carboxylic acids is 2. The molecule has 1 heterocycles. The number of methoxy groups -OCH3 is 1. The third-order valence-electron chi connectivity index (χ3n) is 5.88. The Morgan fingerprint density at radius 3 is 2.28 bits per heavy atom. The Bertz CT molecular complexity index is 772. The summed E-state index contributed by atoms with van der Waals surface area (Å²) in [5.41, 5.74) is 0.0790. The smallest absolute Gasteiger partial charge is 0.410 e. The Balaban J connectivity index is 1.89. The first-order valence-electron chi connectivity index (χ1n) is 9.99. The third kappa shape index (κ3) is 4.87. The summed E-state index contributed by atoms with van der Waals surface area (Å²) in [6.07, 6.45) is 0.766. The summed E-state index contributed by atoms with van der Waals surface area (Å²) in [5.74, 6) is -3.09. The minimum atomic E-state index is -2.65. The molecule has 1 aliphatic heterocycles. The van der Waals surface area contributed by atoms with Crippen molar-refractivity contribution in [3.8, 4) is 0 Å². The van der Waals surface area contributed by atoms with Crippen molar-refractivity contribution < 1.29 is 27.8 Å². The van der Waals surface area contributed by atoms with Gasteiger partial charge in [-0.05, 0) is 63.1 Å². The fourth-order valence-corrected chi connectivity index (χ4v) is 4.49. The van der Waals surface area contributed by atoms with E-state index in [1.165, 1.54) is 7.11 Å². The lowest BCUT2D eigenvalue weighted by Crippen LogP contribution is -2.46. The maximum atomic E-state index is 14.0. The number of rotatable bonds is 2. The molecule has 2 fully saturated rings. The lowest BCUT2D eigenvalue weighted by atomic mass is 9.72. The van der Waals surface area contributed by atoms with Gasteiger partial charge in [0, 0.05) is 19.4 Å². The number of nitrogens with zero attached hydrogens (tertiary/aromatic N) is 1. The lowest BCUT2D eigenvalue weighted by molar-refractivity contribution is -0.0305. The van der Waals surface area contributed by atoms with Crippen LogP contribution in [0.25, 0.3) is 0 Å². The standard InChI is InChI=1S/C22H29F2NO4/c1-20(2,3)29-19(27)25-12-11-21(9-10-22(23,24)14-21)13-17(25)15-5-7-16(8-6-15)18(26)28-4/h5-8,17H,9-14H2,1-4H3/t17-,21-/m1/s1. The van der Waals surface area contributed by atoms with Gasteiger partial charge in [0.2, 0.25) is 5.92 Å². The second kappa shape index (κ2) is 7.58. The number of carbonyl (C=O) groups is 2. The highest BCUT2D eigenvalue weighted by Gasteiger charge is 2.53. The second-order valence-corrected chi connectivity index (χ2v) is 9.29. The minimum absolute atomic E-state index is 0.104. The number of hydrogen-bond donors (Lipinski definition) is 0. The number of piperidine rings is 1. The molecule has 0 radical (unpaired) electrons. The molecule has 0 bridgehead atoms. The summed E-state index contributed by atoms with van der Waals surface area (Å²) in [5, 5.41) is 0. The first kappa shape index (κ1) is 21.5. The van der Waals surface area contributed by atoms with Crippen LogP contribution in [0.5, 0.6) is 0 Å². The summed E-state index contributed by atoms with van der Waals surface area (Å²) in [6, 6.07) is 6.43. The molecule has 0 N–H and O–H groups in total.